The Morgan fingerprint density at radius 3 is 2.50 bits per heavy atom. The van der Waals surface area contributed by atoms with Crippen molar-refractivity contribution in [3.63, 3.8) is 0 Å². The van der Waals surface area contributed by atoms with E-state index in [-0.39, 0.29) is 11.7 Å². The minimum Gasteiger partial charge on any atom is -0.493 e. The Morgan fingerprint density at radius 1 is 1.10 bits per heavy atom. The van der Waals surface area contributed by atoms with E-state index >= 15 is 0 Å². The second-order valence-corrected chi connectivity index (χ2v) is 5.79. The Morgan fingerprint density at radius 2 is 1.80 bits per heavy atom. The molecule has 0 saturated carbocycles. The van der Waals surface area contributed by atoms with Crippen molar-refractivity contribution >= 4 is 27.3 Å². The second kappa shape index (κ2) is 5.09. The summed E-state index contributed by atoms with van der Waals surface area (Å²) in [5.41, 5.74) is 2.04. The Labute approximate surface area is 126 Å². The lowest BCUT2D eigenvalue weighted by atomic mass is 9.83. The SMILES string of the molecule is COc1ccc(C2=C(Br)C(=O)[C@H]3C=C[C@@H]2C3)cc1OC. The number of hydrogen-bond acceptors (Lipinski definition) is 3. The first-order valence-electron chi connectivity index (χ1n) is 6.50. The van der Waals surface area contributed by atoms with Gasteiger partial charge in [0.1, 0.15) is 0 Å². The Hall–Kier alpha value is -1.55. The van der Waals surface area contributed by atoms with Gasteiger partial charge in [-0.3, -0.25) is 4.79 Å². The first-order valence-corrected chi connectivity index (χ1v) is 7.29. The highest BCUT2D eigenvalue weighted by atomic mass is 79.9. The van der Waals surface area contributed by atoms with Crippen LogP contribution >= 0.6 is 15.9 Å². The maximum atomic E-state index is 12.2. The molecule has 2 atom stereocenters. The molecule has 20 heavy (non-hydrogen) atoms. The molecule has 0 aromatic heterocycles. The molecule has 2 aliphatic rings. The molecule has 0 amide bonds. The monoisotopic (exact) mass is 334 g/mol. The molecular formula is C16H15BrO3. The van der Waals surface area contributed by atoms with Gasteiger partial charge in [0.25, 0.3) is 0 Å². The summed E-state index contributed by atoms with van der Waals surface area (Å²) in [6.07, 6.45) is 5.02. The quantitative estimate of drug-likeness (QED) is 0.792. The molecule has 0 saturated heterocycles. The highest BCUT2D eigenvalue weighted by Gasteiger charge is 2.36. The van der Waals surface area contributed by atoms with Crippen molar-refractivity contribution in [3.8, 4) is 11.5 Å². The normalized spacial score (nSPS) is 24.2. The number of ketones is 1. The van der Waals surface area contributed by atoms with E-state index in [1.165, 1.54) is 0 Å². The summed E-state index contributed by atoms with van der Waals surface area (Å²) in [6.45, 7) is 0. The lowest BCUT2D eigenvalue weighted by molar-refractivity contribution is -0.117. The van der Waals surface area contributed by atoms with Crippen LogP contribution in [0.25, 0.3) is 5.57 Å². The topological polar surface area (TPSA) is 35.5 Å². The van der Waals surface area contributed by atoms with E-state index in [9.17, 15) is 4.79 Å². The highest BCUT2D eigenvalue weighted by Crippen LogP contribution is 2.46. The fourth-order valence-electron chi connectivity index (χ4n) is 2.91. The lowest BCUT2D eigenvalue weighted by Crippen LogP contribution is -2.19. The minimum atomic E-state index is 0.0401. The number of hydrogen-bond donors (Lipinski definition) is 0. The van der Waals surface area contributed by atoms with Gasteiger partial charge in [0.2, 0.25) is 0 Å². The van der Waals surface area contributed by atoms with E-state index < -0.39 is 0 Å². The third-order valence-corrected chi connectivity index (χ3v) is 4.76. The number of rotatable bonds is 3. The van der Waals surface area contributed by atoms with Crippen LogP contribution in [0.5, 0.6) is 11.5 Å². The molecule has 3 nitrogen and oxygen atoms in total. The van der Waals surface area contributed by atoms with E-state index in [1.54, 1.807) is 14.2 Å². The van der Waals surface area contributed by atoms with Crippen LogP contribution in [0.4, 0.5) is 0 Å². The van der Waals surface area contributed by atoms with Crippen LogP contribution in [-0.4, -0.2) is 20.0 Å². The summed E-state index contributed by atoms with van der Waals surface area (Å²) in [5.74, 6) is 1.87. The first-order chi connectivity index (χ1) is 9.65. The summed E-state index contributed by atoms with van der Waals surface area (Å²) in [7, 11) is 3.23. The number of ether oxygens (including phenoxy) is 2. The predicted octanol–water partition coefficient (Wildman–Crippen LogP) is 3.58. The zero-order chi connectivity index (χ0) is 14.3. The molecule has 2 bridgehead atoms. The summed E-state index contributed by atoms with van der Waals surface area (Å²) in [5, 5.41) is 0. The molecule has 104 valence electrons. The van der Waals surface area contributed by atoms with E-state index in [2.05, 4.69) is 22.0 Å². The smallest absolute Gasteiger partial charge is 0.176 e. The van der Waals surface area contributed by atoms with Gasteiger partial charge in [0.15, 0.2) is 17.3 Å². The van der Waals surface area contributed by atoms with Crippen molar-refractivity contribution in [2.75, 3.05) is 14.2 Å². The number of carbonyl (C=O) groups excluding carboxylic acids is 1. The zero-order valence-corrected chi connectivity index (χ0v) is 12.9. The number of carbonyl (C=O) groups is 1. The molecular weight excluding hydrogens is 320 g/mol. The number of methoxy groups -OCH3 is 2. The first kappa shape index (κ1) is 13.4. The van der Waals surface area contributed by atoms with Gasteiger partial charge in [-0.15, -0.1) is 0 Å². The average Bonchev–Trinajstić information content (AvgIpc) is 2.91. The van der Waals surface area contributed by atoms with Gasteiger partial charge in [0.05, 0.1) is 18.7 Å². The summed E-state index contributed by atoms with van der Waals surface area (Å²) in [4.78, 5) is 12.2. The van der Waals surface area contributed by atoms with Crippen molar-refractivity contribution < 1.29 is 14.3 Å². The fourth-order valence-corrected chi connectivity index (χ4v) is 3.73. The number of fused-ring (bicyclic) bond motifs is 2. The van der Waals surface area contributed by atoms with Gasteiger partial charge in [-0.25, -0.2) is 0 Å². The van der Waals surface area contributed by atoms with Gasteiger partial charge >= 0.3 is 0 Å². The third-order valence-electron chi connectivity index (χ3n) is 3.94. The van der Waals surface area contributed by atoms with E-state index in [4.69, 9.17) is 9.47 Å². The van der Waals surface area contributed by atoms with Crippen LogP contribution in [0.15, 0.2) is 34.8 Å². The van der Waals surface area contributed by atoms with Gasteiger partial charge in [-0.1, -0.05) is 18.2 Å². The Kier molecular flexibility index (Phi) is 3.42. The molecule has 4 heteroatoms. The van der Waals surface area contributed by atoms with Gasteiger partial charge in [0, 0.05) is 11.8 Å². The van der Waals surface area contributed by atoms with Gasteiger partial charge in [-0.2, -0.15) is 0 Å². The molecule has 1 aromatic carbocycles. The zero-order valence-electron chi connectivity index (χ0n) is 11.4. The van der Waals surface area contributed by atoms with E-state index in [0.717, 1.165) is 17.6 Å². The largest absolute Gasteiger partial charge is 0.493 e. The molecule has 0 unspecified atom stereocenters. The van der Waals surface area contributed by atoms with Crippen LogP contribution < -0.4 is 9.47 Å². The molecule has 0 radical (unpaired) electrons. The summed E-state index contributed by atoms with van der Waals surface area (Å²) >= 11 is 3.48. The van der Waals surface area contributed by atoms with Crippen molar-refractivity contribution in [1.29, 1.82) is 0 Å². The highest BCUT2D eigenvalue weighted by molar-refractivity contribution is 9.12. The lowest BCUT2D eigenvalue weighted by Gasteiger charge is -2.23. The van der Waals surface area contributed by atoms with Crippen molar-refractivity contribution in [1.82, 2.24) is 0 Å². The molecule has 0 aliphatic heterocycles. The standard InChI is InChI=1S/C16H15BrO3/c1-19-12-6-5-10(8-13(12)20-2)14-9-3-4-11(7-9)16(18)15(14)17/h3-6,8-9,11H,7H2,1-2H3/t9-,11+/m1/s1. The number of halogens is 1. The van der Waals surface area contributed by atoms with Crippen LogP contribution in [0, 0.1) is 11.8 Å². The fraction of sp³-hybridized carbons (Fsp3) is 0.312. The maximum absolute atomic E-state index is 12.2. The maximum Gasteiger partial charge on any atom is 0.176 e. The van der Waals surface area contributed by atoms with Crippen LogP contribution in [0.2, 0.25) is 0 Å². The van der Waals surface area contributed by atoms with Crippen molar-refractivity contribution in [2.24, 2.45) is 11.8 Å². The van der Waals surface area contributed by atoms with Gasteiger partial charge < -0.3 is 9.47 Å². The number of benzene rings is 1. The molecule has 3 rings (SSSR count). The minimum absolute atomic E-state index is 0.0401. The summed E-state index contributed by atoms with van der Waals surface area (Å²) in [6, 6.07) is 5.77. The molecule has 0 fully saturated rings. The third kappa shape index (κ3) is 1.99. The summed E-state index contributed by atoms with van der Waals surface area (Å²) < 4.78 is 11.3. The van der Waals surface area contributed by atoms with Crippen molar-refractivity contribution in [2.45, 2.75) is 6.42 Å². The van der Waals surface area contributed by atoms with E-state index in [1.807, 2.05) is 24.3 Å². The Bertz CT molecular complexity index is 631. The second-order valence-electron chi connectivity index (χ2n) is 5.00. The molecule has 0 spiro atoms. The van der Waals surface area contributed by atoms with Gasteiger partial charge in [-0.05, 0) is 45.6 Å². The molecule has 0 heterocycles. The average molecular weight is 335 g/mol. The van der Waals surface area contributed by atoms with Crippen LogP contribution in [0.1, 0.15) is 12.0 Å². The Balaban J connectivity index is 2.10. The molecule has 1 aromatic rings. The molecule has 2 aliphatic carbocycles. The molecule has 0 N–H and O–H groups in total. The van der Waals surface area contributed by atoms with Crippen LogP contribution in [0.3, 0.4) is 0 Å². The number of allylic oxidation sites excluding steroid dienone is 4. The van der Waals surface area contributed by atoms with Crippen molar-refractivity contribution in [3.05, 3.63) is 40.4 Å². The van der Waals surface area contributed by atoms with E-state index in [0.29, 0.717) is 21.9 Å². The predicted molar refractivity (Wildman–Crippen MR) is 81.1 cm³/mol. The van der Waals surface area contributed by atoms with Crippen LogP contribution in [-0.2, 0) is 4.79 Å². The number of Topliss-reactive ketones (excluding diaryl/α,β-unsaturated/α-hetero) is 1.